The van der Waals surface area contributed by atoms with Crippen LogP contribution in [0, 0.1) is 12.3 Å². The quantitative estimate of drug-likeness (QED) is 0.272. The van der Waals surface area contributed by atoms with Crippen molar-refractivity contribution in [3.8, 4) is 11.1 Å². The number of benzene rings is 1. The summed E-state index contributed by atoms with van der Waals surface area (Å²) in [6.07, 6.45) is 2.38. The van der Waals surface area contributed by atoms with Gasteiger partial charge in [-0.15, -0.1) is 0 Å². The number of amides is 1. The van der Waals surface area contributed by atoms with E-state index >= 15 is 0 Å². The zero-order valence-corrected chi connectivity index (χ0v) is 24.7. The van der Waals surface area contributed by atoms with E-state index in [0.717, 1.165) is 17.4 Å². The van der Waals surface area contributed by atoms with E-state index < -0.39 is 20.7 Å². The molecule has 1 N–H and O–H groups in total. The van der Waals surface area contributed by atoms with Crippen molar-refractivity contribution in [2.24, 2.45) is 5.41 Å². The molecule has 8 nitrogen and oxygen atoms in total. The zero-order valence-electron chi connectivity index (χ0n) is 23.5. The number of nitrogens with zero attached hydrogens (tertiary/aromatic N) is 3. The molecule has 3 aromatic rings. The van der Waals surface area contributed by atoms with E-state index in [1.54, 1.807) is 20.8 Å². The fourth-order valence-corrected chi connectivity index (χ4v) is 5.53. The van der Waals surface area contributed by atoms with E-state index in [0.29, 0.717) is 41.1 Å². The van der Waals surface area contributed by atoms with Gasteiger partial charge in [0.1, 0.15) is 23.4 Å². The summed E-state index contributed by atoms with van der Waals surface area (Å²) in [5, 5.41) is 3.38. The van der Waals surface area contributed by atoms with Crippen LogP contribution in [0.15, 0.2) is 30.6 Å². The van der Waals surface area contributed by atoms with Crippen molar-refractivity contribution in [1.82, 2.24) is 14.5 Å². The number of carbonyl (C=O) groups is 2. The summed E-state index contributed by atoms with van der Waals surface area (Å²) >= 11 is 0. The van der Waals surface area contributed by atoms with E-state index in [2.05, 4.69) is 49.1 Å². The summed E-state index contributed by atoms with van der Waals surface area (Å²) in [6, 6.07) is 7.93. The Morgan fingerprint density at radius 2 is 1.76 bits per heavy atom. The Hall–Kier alpha value is -3.04. The molecule has 0 fully saturated rings. The maximum atomic E-state index is 12.7. The van der Waals surface area contributed by atoms with Gasteiger partial charge < -0.3 is 13.7 Å². The first kappa shape index (κ1) is 28.5. The third kappa shape index (κ3) is 7.04. The maximum absolute atomic E-state index is 12.7. The number of hydrogen-bond acceptors (Lipinski definition) is 6. The average Bonchev–Trinajstić information content (AvgIpc) is 3.09. The molecule has 200 valence electrons. The van der Waals surface area contributed by atoms with Gasteiger partial charge in [0.15, 0.2) is 15.3 Å². The molecular formula is C28H40N4O4Si. The van der Waals surface area contributed by atoms with Gasteiger partial charge in [0, 0.05) is 12.1 Å². The molecule has 0 radical (unpaired) electrons. The van der Waals surface area contributed by atoms with Crippen molar-refractivity contribution in [2.45, 2.75) is 86.2 Å². The molecule has 2 aromatic heterocycles. The van der Waals surface area contributed by atoms with Gasteiger partial charge in [-0.25, -0.2) is 14.8 Å². The molecule has 3 rings (SSSR count). The normalized spacial score (nSPS) is 13.1. The first-order valence-corrected chi connectivity index (χ1v) is 15.5. The number of rotatable bonds is 8. The number of ether oxygens (including phenoxy) is 1. The second-order valence-electron chi connectivity index (χ2n) is 11.8. The fraction of sp³-hybridized carbons (Fsp3) is 0.500. The van der Waals surface area contributed by atoms with Gasteiger partial charge in [0.05, 0.1) is 17.2 Å². The lowest BCUT2D eigenvalue weighted by molar-refractivity contribution is 0.0635. The Balaban J connectivity index is 2.18. The Morgan fingerprint density at radius 1 is 1.11 bits per heavy atom. The molecule has 0 aliphatic rings. The van der Waals surface area contributed by atoms with Crippen LogP contribution >= 0.6 is 0 Å². The van der Waals surface area contributed by atoms with Crippen LogP contribution in [-0.2, 0) is 15.7 Å². The Bertz CT molecular complexity index is 1250. The maximum Gasteiger partial charge on any atom is 0.413 e. The van der Waals surface area contributed by atoms with Crippen LogP contribution in [0.1, 0.15) is 64.0 Å². The van der Waals surface area contributed by atoms with Crippen LogP contribution in [0.5, 0.6) is 0 Å². The number of aldehydes is 1. The second-order valence-corrected chi connectivity index (χ2v) is 14.1. The highest BCUT2D eigenvalue weighted by Gasteiger charge is 2.29. The van der Waals surface area contributed by atoms with E-state index in [9.17, 15) is 9.59 Å². The summed E-state index contributed by atoms with van der Waals surface area (Å²) in [5.41, 5.74) is 2.97. The highest BCUT2D eigenvalue weighted by Crippen LogP contribution is 2.38. The smallest absolute Gasteiger partial charge is 0.413 e. The molecule has 1 atom stereocenters. The van der Waals surface area contributed by atoms with Crippen molar-refractivity contribution in [3.05, 3.63) is 41.9 Å². The number of hydrogen-bond donors (Lipinski definition) is 1. The highest BCUT2D eigenvalue weighted by atomic mass is 28.3. The van der Waals surface area contributed by atoms with E-state index in [4.69, 9.17) is 9.16 Å². The van der Waals surface area contributed by atoms with Crippen molar-refractivity contribution in [1.29, 1.82) is 0 Å². The number of aromatic nitrogens is 3. The molecule has 1 amide bonds. The van der Waals surface area contributed by atoms with Crippen LogP contribution in [0.25, 0.3) is 22.2 Å². The van der Waals surface area contributed by atoms with Crippen molar-refractivity contribution < 1.29 is 18.8 Å². The van der Waals surface area contributed by atoms with Gasteiger partial charge in [0.25, 0.3) is 0 Å². The molecule has 9 heteroatoms. The molecule has 2 heterocycles. The third-order valence-electron chi connectivity index (χ3n) is 5.97. The molecule has 1 aromatic carbocycles. The molecule has 0 aliphatic carbocycles. The first-order chi connectivity index (χ1) is 17.2. The van der Waals surface area contributed by atoms with E-state index in [-0.39, 0.29) is 11.5 Å². The monoisotopic (exact) mass is 524 g/mol. The number of nitrogens with one attached hydrogen (secondary N) is 1. The molecule has 0 bridgehead atoms. The summed E-state index contributed by atoms with van der Waals surface area (Å²) in [4.78, 5) is 34.2. The minimum absolute atomic E-state index is 0.0279. The van der Waals surface area contributed by atoms with Gasteiger partial charge in [-0.05, 0) is 58.2 Å². The Kier molecular flexibility index (Phi) is 8.59. The first-order valence-electron chi connectivity index (χ1n) is 12.8. The van der Waals surface area contributed by atoms with Crippen molar-refractivity contribution >= 4 is 38.3 Å². The van der Waals surface area contributed by atoms with Crippen LogP contribution in [0.4, 0.5) is 10.6 Å². The minimum atomic E-state index is -1.28. The van der Waals surface area contributed by atoms with E-state index in [1.165, 1.54) is 6.33 Å². The van der Waals surface area contributed by atoms with Gasteiger partial charge in [0.2, 0.25) is 0 Å². The lowest BCUT2D eigenvalue weighted by Crippen LogP contribution is -2.34. The number of carbonyl (C=O) groups excluding carboxylic acids is 2. The van der Waals surface area contributed by atoms with Crippen LogP contribution in [0.3, 0.4) is 0 Å². The third-order valence-corrected chi connectivity index (χ3v) is 6.84. The minimum Gasteiger partial charge on any atom is -0.444 e. The number of aryl methyl sites for hydroxylation is 2. The molecule has 37 heavy (non-hydrogen) atoms. The van der Waals surface area contributed by atoms with Gasteiger partial charge in [-0.2, -0.15) is 0 Å². The van der Waals surface area contributed by atoms with Gasteiger partial charge in [-0.3, -0.25) is 10.1 Å². The summed E-state index contributed by atoms with van der Waals surface area (Å²) < 4.78 is 13.8. The molecule has 1 unspecified atom stereocenters. The standard InChI is InChI=1S/C28H40N4O4Si/c1-18-10-12-19(13-11-18)22-20(16-33)32(15-14-21(27(2,3)4)36-37(8)9)25-23(22)24(29-17-30-25)31-26(34)35-28(5,6)7/h10-13,16-17,21,37H,14-15H2,1-9H3,(H,29,30,31,34). The zero-order chi connectivity index (χ0) is 27.5. The van der Waals surface area contributed by atoms with Crippen LogP contribution in [0.2, 0.25) is 13.1 Å². The fourth-order valence-electron chi connectivity index (χ4n) is 4.32. The van der Waals surface area contributed by atoms with Gasteiger partial charge >= 0.3 is 6.09 Å². The summed E-state index contributed by atoms with van der Waals surface area (Å²) in [6.45, 7) is 18.8. The largest absolute Gasteiger partial charge is 0.444 e. The van der Waals surface area contributed by atoms with Crippen molar-refractivity contribution in [2.75, 3.05) is 5.32 Å². The highest BCUT2D eigenvalue weighted by molar-refractivity contribution is 6.48. The number of fused-ring (bicyclic) bond motifs is 1. The Morgan fingerprint density at radius 3 is 2.30 bits per heavy atom. The number of anilines is 1. The average molecular weight is 525 g/mol. The molecular weight excluding hydrogens is 484 g/mol. The molecule has 0 saturated carbocycles. The molecule has 0 aliphatic heterocycles. The summed E-state index contributed by atoms with van der Waals surface area (Å²) in [7, 11) is -1.28. The summed E-state index contributed by atoms with van der Waals surface area (Å²) in [5.74, 6) is 0.301. The predicted octanol–water partition coefficient (Wildman–Crippen LogP) is 6.37. The van der Waals surface area contributed by atoms with Crippen molar-refractivity contribution in [3.63, 3.8) is 0 Å². The molecule has 0 saturated heterocycles. The van der Waals surface area contributed by atoms with Crippen LogP contribution < -0.4 is 5.32 Å². The van der Waals surface area contributed by atoms with Gasteiger partial charge in [-0.1, -0.05) is 50.6 Å². The Labute approximate surface area is 221 Å². The van der Waals surface area contributed by atoms with Crippen LogP contribution in [-0.4, -0.2) is 47.7 Å². The lowest BCUT2D eigenvalue weighted by atomic mass is 9.87. The second kappa shape index (κ2) is 11.1. The lowest BCUT2D eigenvalue weighted by Gasteiger charge is -2.33. The molecule has 0 spiro atoms. The van der Waals surface area contributed by atoms with E-state index in [1.807, 2.05) is 35.8 Å². The SMILES string of the molecule is Cc1ccc(-c2c(C=O)n(CCC(O[SiH](C)C)C(C)(C)C)c3ncnc(NC(=O)OC(C)(C)C)c23)cc1. The predicted molar refractivity (Wildman–Crippen MR) is 151 cm³/mol. The topological polar surface area (TPSA) is 95.3 Å².